The van der Waals surface area contributed by atoms with Gasteiger partial charge < -0.3 is 4.74 Å². The van der Waals surface area contributed by atoms with Gasteiger partial charge in [-0.1, -0.05) is 18.3 Å². The molecule has 0 aliphatic rings. The van der Waals surface area contributed by atoms with Crippen LogP contribution in [-0.4, -0.2) is 23.3 Å². The van der Waals surface area contributed by atoms with E-state index in [2.05, 4.69) is 4.98 Å². The molecule has 90 valence electrons. The Bertz CT molecular complexity index is 599. The number of H-pyrrole nitrogens is 1. The van der Waals surface area contributed by atoms with Crippen molar-refractivity contribution >= 4 is 23.6 Å². The molecule has 0 amide bonds. The standard InChI is InChI=1S/C11H12N2O2S2/c1-15-5-4-13-8(9-3-2-6-17-9)7-10(16)12-11(13)14/h2-3,6-7H,4-5H2,1H3,(H,12,14,16). The first-order chi connectivity index (χ1) is 8.22. The lowest BCUT2D eigenvalue weighted by Crippen LogP contribution is -2.26. The van der Waals surface area contributed by atoms with Gasteiger partial charge in [0.25, 0.3) is 0 Å². The number of ether oxygens (including phenoxy) is 1. The summed E-state index contributed by atoms with van der Waals surface area (Å²) in [5.74, 6) is 0. The summed E-state index contributed by atoms with van der Waals surface area (Å²) in [5.41, 5.74) is 0.642. The Hall–Kier alpha value is -1.24. The number of aromatic nitrogens is 2. The van der Waals surface area contributed by atoms with Gasteiger partial charge in [0.1, 0.15) is 4.64 Å². The summed E-state index contributed by atoms with van der Waals surface area (Å²) in [5, 5.41) is 1.97. The molecule has 2 rings (SSSR count). The summed E-state index contributed by atoms with van der Waals surface area (Å²) < 4.78 is 7.10. The largest absolute Gasteiger partial charge is 0.383 e. The first kappa shape index (κ1) is 12.2. The van der Waals surface area contributed by atoms with Crippen LogP contribution in [0, 0.1) is 4.64 Å². The minimum absolute atomic E-state index is 0.196. The quantitative estimate of drug-likeness (QED) is 0.865. The maximum absolute atomic E-state index is 11.9. The number of thiophene rings is 1. The maximum Gasteiger partial charge on any atom is 0.327 e. The molecule has 6 heteroatoms. The molecule has 0 radical (unpaired) electrons. The smallest absolute Gasteiger partial charge is 0.327 e. The van der Waals surface area contributed by atoms with Gasteiger partial charge in [-0.05, 0) is 17.5 Å². The molecule has 0 saturated heterocycles. The summed E-state index contributed by atoms with van der Waals surface area (Å²) in [6.45, 7) is 0.998. The maximum atomic E-state index is 11.9. The predicted octanol–water partition coefficient (Wildman–Crippen LogP) is 2.28. The Kier molecular flexibility index (Phi) is 3.88. The fourth-order valence-corrected chi connectivity index (χ4v) is 2.50. The van der Waals surface area contributed by atoms with E-state index in [0.29, 0.717) is 17.8 Å². The highest BCUT2D eigenvalue weighted by atomic mass is 32.1. The zero-order valence-corrected chi connectivity index (χ0v) is 10.9. The lowest BCUT2D eigenvalue weighted by Gasteiger charge is -2.10. The average molecular weight is 268 g/mol. The van der Waals surface area contributed by atoms with Crippen LogP contribution in [-0.2, 0) is 11.3 Å². The van der Waals surface area contributed by atoms with Crippen molar-refractivity contribution in [3.63, 3.8) is 0 Å². The van der Waals surface area contributed by atoms with Gasteiger partial charge in [-0.3, -0.25) is 9.55 Å². The van der Waals surface area contributed by atoms with E-state index in [0.717, 1.165) is 10.6 Å². The van der Waals surface area contributed by atoms with Crippen LogP contribution in [0.1, 0.15) is 0 Å². The van der Waals surface area contributed by atoms with Crippen molar-refractivity contribution in [3.8, 4) is 10.6 Å². The average Bonchev–Trinajstić information content (AvgIpc) is 2.80. The molecule has 2 aromatic heterocycles. The van der Waals surface area contributed by atoms with Crippen molar-refractivity contribution in [2.45, 2.75) is 6.54 Å². The minimum Gasteiger partial charge on any atom is -0.383 e. The molecule has 0 bridgehead atoms. The highest BCUT2D eigenvalue weighted by Gasteiger charge is 2.07. The Morgan fingerprint density at radius 2 is 2.41 bits per heavy atom. The minimum atomic E-state index is -0.196. The molecule has 2 aromatic rings. The zero-order valence-electron chi connectivity index (χ0n) is 9.30. The summed E-state index contributed by atoms with van der Waals surface area (Å²) >= 11 is 6.62. The van der Waals surface area contributed by atoms with E-state index in [1.807, 2.05) is 17.5 Å². The van der Waals surface area contributed by atoms with E-state index in [1.165, 1.54) is 0 Å². The molecular weight excluding hydrogens is 256 g/mol. The van der Waals surface area contributed by atoms with E-state index < -0.39 is 0 Å². The van der Waals surface area contributed by atoms with Crippen molar-refractivity contribution in [2.75, 3.05) is 13.7 Å². The van der Waals surface area contributed by atoms with E-state index >= 15 is 0 Å². The molecule has 4 nitrogen and oxygen atoms in total. The predicted molar refractivity (Wildman–Crippen MR) is 71.1 cm³/mol. The Morgan fingerprint density at radius 1 is 1.59 bits per heavy atom. The molecule has 0 aliphatic carbocycles. The third kappa shape index (κ3) is 2.71. The van der Waals surface area contributed by atoms with Crippen LogP contribution < -0.4 is 5.69 Å². The monoisotopic (exact) mass is 268 g/mol. The molecule has 0 unspecified atom stereocenters. The van der Waals surface area contributed by atoms with Crippen LogP contribution in [0.15, 0.2) is 28.4 Å². The van der Waals surface area contributed by atoms with E-state index in [-0.39, 0.29) is 5.69 Å². The van der Waals surface area contributed by atoms with E-state index in [1.54, 1.807) is 29.1 Å². The van der Waals surface area contributed by atoms with Crippen molar-refractivity contribution in [1.82, 2.24) is 9.55 Å². The topological polar surface area (TPSA) is 47.0 Å². The van der Waals surface area contributed by atoms with E-state index in [9.17, 15) is 4.79 Å². The third-order valence-corrected chi connectivity index (χ3v) is 3.44. The summed E-state index contributed by atoms with van der Waals surface area (Å²) in [6.07, 6.45) is 0. The van der Waals surface area contributed by atoms with Crippen molar-refractivity contribution in [1.29, 1.82) is 0 Å². The number of nitrogens with one attached hydrogen (secondary N) is 1. The molecule has 0 fully saturated rings. The fraction of sp³-hybridized carbons (Fsp3) is 0.273. The second kappa shape index (κ2) is 5.39. The molecule has 2 heterocycles. The first-order valence-electron chi connectivity index (χ1n) is 5.09. The lowest BCUT2D eigenvalue weighted by molar-refractivity contribution is 0.186. The molecule has 0 spiro atoms. The highest BCUT2D eigenvalue weighted by Crippen LogP contribution is 2.23. The highest BCUT2D eigenvalue weighted by molar-refractivity contribution is 7.71. The van der Waals surface area contributed by atoms with Gasteiger partial charge in [0.15, 0.2) is 0 Å². The van der Waals surface area contributed by atoms with Crippen LogP contribution in [0.3, 0.4) is 0 Å². The SMILES string of the molecule is COCCn1c(-c2cccs2)cc(=S)[nH]c1=O. The Morgan fingerprint density at radius 3 is 3.06 bits per heavy atom. The van der Waals surface area contributed by atoms with Gasteiger partial charge >= 0.3 is 5.69 Å². The summed E-state index contributed by atoms with van der Waals surface area (Å²) in [4.78, 5) is 15.5. The number of hydrogen-bond acceptors (Lipinski definition) is 4. The van der Waals surface area contributed by atoms with Gasteiger partial charge in [-0.2, -0.15) is 0 Å². The van der Waals surface area contributed by atoms with Gasteiger partial charge in [0.05, 0.1) is 23.7 Å². The third-order valence-electron chi connectivity index (χ3n) is 2.33. The fourth-order valence-electron chi connectivity index (χ4n) is 1.55. The zero-order chi connectivity index (χ0) is 12.3. The van der Waals surface area contributed by atoms with Gasteiger partial charge in [0.2, 0.25) is 0 Å². The molecule has 0 aliphatic heterocycles. The van der Waals surface area contributed by atoms with E-state index in [4.69, 9.17) is 17.0 Å². The number of hydrogen-bond donors (Lipinski definition) is 1. The lowest BCUT2D eigenvalue weighted by atomic mass is 10.3. The molecule has 0 saturated carbocycles. The van der Waals surface area contributed by atoms with Crippen LogP contribution in [0.5, 0.6) is 0 Å². The van der Waals surface area contributed by atoms with Gasteiger partial charge in [0, 0.05) is 7.11 Å². The van der Waals surface area contributed by atoms with Crippen molar-refractivity contribution in [2.24, 2.45) is 0 Å². The van der Waals surface area contributed by atoms with Crippen LogP contribution in [0.4, 0.5) is 0 Å². The number of rotatable bonds is 4. The van der Waals surface area contributed by atoms with Crippen LogP contribution >= 0.6 is 23.6 Å². The molecular formula is C11H12N2O2S2. The molecule has 0 aromatic carbocycles. The van der Waals surface area contributed by atoms with Gasteiger partial charge in [-0.25, -0.2) is 4.79 Å². The molecule has 0 atom stereocenters. The Balaban J connectivity index is 2.56. The molecule has 1 N–H and O–H groups in total. The first-order valence-corrected chi connectivity index (χ1v) is 6.38. The second-order valence-electron chi connectivity index (χ2n) is 3.45. The number of methoxy groups -OCH3 is 1. The number of aromatic amines is 1. The van der Waals surface area contributed by atoms with Crippen molar-refractivity contribution in [3.05, 3.63) is 38.7 Å². The number of nitrogens with zero attached hydrogens (tertiary/aromatic N) is 1. The normalized spacial score (nSPS) is 10.6. The van der Waals surface area contributed by atoms with Gasteiger partial charge in [-0.15, -0.1) is 11.3 Å². The van der Waals surface area contributed by atoms with Crippen LogP contribution in [0.25, 0.3) is 10.6 Å². The summed E-state index contributed by atoms with van der Waals surface area (Å²) in [7, 11) is 1.61. The Labute approximate surface area is 108 Å². The van der Waals surface area contributed by atoms with Crippen molar-refractivity contribution < 1.29 is 4.74 Å². The molecule has 17 heavy (non-hydrogen) atoms. The second-order valence-corrected chi connectivity index (χ2v) is 4.83. The summed E-state index contributed by atoms with van der Waals surface area (Å²) in [6, 6.07) is 5.72. The van der Waals surface area contributed by atoms with Crippen LogP contribution in [0.2, 0.25) is 0 Å².